The van der Waals surface area contributed by atoms with Gasteiger partial charge in [-0.05, 0) is 24.5 Å². The van der Waals surface area contributed by atoms with Crippen molar-refractivity contribution in [3.05, 3.63) is 47.5 Å². The maximum absolute atomic E-state index is 5.92. The fourth-order valence-electron chi connectivity index (χ4n) is 1.47. The van der Waals surface area contributed by atoms with Crippen LogP contribution in [0.1, 0.15) is 29.7 Å². The number of nitrogens with two attached hydrogens (primary N) is 1. The first-order chi connectivity index (χ1) is 6.19. The third-order valence-electron chi connectivity index (χ3n) is 2.30. The molecule has 0 radical (unpaired) electrons. The summed E-state index contributed by atoms with van der Waals surface area (Å²) < 4.78 is 0. The van der Waals surface area contributed by atoms with Crippen molar-refractivity contribution in [2.45, 2.75) is 26.3 Å². The molecule has 0 saturated heterocycles. The second-order valence-corrected chi connectivity index (χ2v) is 3.32. The zero-order valence-corrected chi connectivity index (χ0v) is 8.38. The average Bonchev–Trinajstić information content (AvgIpc) is 2.16. The van der Waals surface area contributed by atoms with Gasteiger partial charge in [0.2, 0.25) is 0 Å². The van der Waals surface area contributed by atoms with Crippen molar-refractivity contribution in [1.29, 1.82) is 0 Å². The van der Waals surface area contributed by atoms with Crippen molar-refractivity contribution in [2.24, 2.45) is 5.73 Å². The summed E-state index contributed by atoms with van der Waals surface area (Å²) in [5.41, 5.74) is 9.70. The number of aryl methyl sites for hydroxylation is 2. The van der Waals surface area contributed by atoms with Gasteiger partial charge in [0.15, 0.2) is 0 Å². The van der Waals surface area contributed by atoms with Crippen LogP contribution in [0.3, 0.4) is 0 Å². The molecule has 70 valence electrons. The Kier molecular flexibility index (Phi) is 3.26. The SMILES string of the molecule is C=CC(N)c1cc(C)ccc1CC. The molecule has 1 unspecified atom stereocenters. The van der Waals surface area contributed by atoms with Gasteiger partial charge in [-0.3, -0.25) is 0 Å². The highest BCUT2D eigenvalue weighted by atomic mass is 14.6. The Morgan fingerprint density at radius 3 is 2.77 bits per heavy atom. The van der Waals surface area contributed by atoms with Crippen LogP contribution in [-0.2, 0) is 6.42 Å². The molecule has 0 fully saturated rings. The Bertz CT molecular complexity index is 302. The molecule has 0 aromatic heterocycles. The van der Waals surface area contributed by atoms with Gasteiger partial charge in [0, 0.05) is 6.04 Å². The van der Waals surface area contributed by atoms with Gasteiger partial charge in [-0.1, -0.05) is 36.8 Å². The highest BCUT2D eigenvalue weighted by molar-refractivity contribution is 5.35. The van der Waals surface area contributed by atoms with Crippen molar-refractivity contribution in [2.75, 3.05) is 0 Å². The summed E-state index contributed by atoms with van der Waals surface area (Å²) in [6, 6.07) is 6.38. The summed E-state index contributed by atoms with van der Waals surface area (Å²) in [5, 5.41) is 0. The van der Waals surface area contributed by atoms with E-state index in [1.807, 2.05) is 0 Å². The second-order valence-electron chi connectivity index (χ2n) is 3.32. The Morgan fingerprint density at radius 1 is 1.54 bits per heavy atom. The van der Waals surface area contributed by atoms with Crippen molar-refractivity contribution < 1.29 is 0 Å². The minimum atomic E-state index is -0.0325. The van der Waals surface area contributed by atoms with Crippen LogP contribution in [0.5, 0.6) is 0 Å². The van der Waals surface area contributed by atoms with E-state index in [9.17, 15) is 0 Å². The molecule has 0 spiro atoms. The van der Waals surface area contributed by atoms with E-state index in [1.54, 1.807) is 6.08 Å². The molecule has 0 saturated carbocycles. The third-order valence-corrected chi connectivity index (χ3v) is 2.30. The predicted molar refractivity (Wildman–Crippen MR) is 57.7 cm³/mol. The molecule has 0 amide bonds. The van der Waals surface area contributed by atoms with E-state index in [2.05, 4.69) is 38.6 Å². The lowest BCUT2D eigenvalue weighted by molar-refractivity contribution is 0.883. The maximum Gasteiger partial charge on any atom is 0.0481 e. The molecule has 1 nitrogen and oxygen atoms in total. The van der Waals surface area contributed by atoms with Crippen LogP contribution in [0.15, 0.2) is 30.9 Å². The Hall–Kier alpha value is -1.08. The molecule has 0 bridgehead atoms. The number of benzene rings is 1. The molecule has 0 aliphatic carbocycles. The van der Waals surface area contributed by atoms with Crippen molar-refractivity contribution in [1.82, 2.24) is 0 Å². The predicted octanol–water partition coefficient (Wildman–Crippen LogP) is 2.74. The Labute approximate surface area is 80.3 Å². The fourth-order valence-corrected chi connectivity index (χ4v) is 1.47. The lowest BCUT2D eigenvalue weighted by atomic mass is 9.97. The molecule has 1 aromatic carbocycles. The molecule has 1 heteroatoms. The lowest BCUT2D eigenvalue weighted by Crippen LogP contribution is -2.09. The topological polar surface area (TPSA) is 26.0 Å². The molecule has 1 rings (SSSR count). The van der Waals surface area contributed by atoms with Gasteiger partial charge in [0.25, 0.3) is 0 Å². The highest BCUT2D eigenvalue weighted by Crippen LogP contribution is 2.19. The van der Waals surface area contributed by atoms with Gasteiger partial charge in [0.05, 0.1) is 0 Å². The summed E-state index contributed by atoms with van der Waals surface area (Å²) >= 11 is 0. The lowest BCUT2D eigenvalue weighted by Gasteiger charge is -2.12. The molecule has 0 heterocycles. The zero-order chi connectivity index (χ0) is 9.84. The van der Waals surface area contributed by atoms with E-state index in [1.165, 1.54) is 16.7 Å². The monoisotopic (exact) mass is 175 g/mol. The van der Waals surface area contributed by atoms with Gasteiger partial charge in [-0.2, -0.15) is 0 Å². The maximum atomic E-state index is 5.92. The van der Waals surface area contributed by atoms with Gasteiger partial charge in [-0.15, -0.1) is 6.58 Å². The molecular formula is C12H17N. The summed E-state index contributed by atoms with van der Waals surface area (Å²) in [6.07, 6.45) is 2.81. The number of hydrogen-bond donors (Lipinski definition) is 1. The third kappa shape index (κ3) is 2.19. The van der Waals surface area contributed by atoms with Gasteiger partial charge in [0.1, 0.15) is 0 Å². The fraction of sp³-hybridized carbons (Fsp3) is 0.333. The second kappa shape index (κ2) is 4.24. The summed E-state index contributed by atoms with van der Waals surface area (Å²) in [5.74, 6) is 0. The van der Waals surface area contributed by atoms with Crippen LogP contribution >= 0.6 is 0 Å². The largest absolute Gasteiger partial charge is 0.321 e. The number of hydrogen-bond acceptors (Lipinski definition) is 1. The van der Waals surface area contributed by atoms with Crippen LogP contribution in [0.25, 0.3) is 0 Å². The minimum Gasteiger partial charge on any atom is -0.321 e. The van der Waals surface area contributed by atoms with E-state index < -0.39 is 0 Å². The van der Waals surface area contributed by atoms with Crippen molar-refractivity contribution >= 4 is 0 Å². The molecular weight excluding hydrogens is 158 g/mol. The normalized spacial score (nSPS) is 12.5. The van der Waals surface area contributed by atoms with Crippen LogP contribution in [0, 0.1) is 6.92 Å². The van der Waals surface area contributed by atoms with E-state index >= 15 is 0 Å². The summed E-state index contributed by atoms with van der Waals surface area (Å²) in [7, 11) is 0. The van der Waals surface area contributed by atoms with Gasteiger partial charge >= 0.3 is 0 Å². The van der Waals surface area contributed by atoms with Crippen LogP contribution in [0.4, 0.5) is 0 Å². The van der Waals surface area contributed by atoms with E-state index in [-0.39, 0.29) is 6.04 Å². The molecule has 2 N–H and O–H groups in total. The van der Waals surface area contributed by atoms with Crippen LogP contribution < -0.4 is 5.73 Å². The van der Waals surface area contributed by atoms with E-state index in [4.69, 9.17) is 5.73 Å². The van der Waals surface area contributed by atoms with E-state index in [0.717, 1.165) is 6.42 Å². The minimum absolute atomic E-state index is 0.0325. The zero-order valence-electron chi connectivity index (χ0n) is 8.38. The smallest absolute Gasteiger partial charge is 0.0481 e. The van der Waals surface area contributed by atoms with E-state index in [0.29, 0.717) is 0 Å². The quantitative estimate of drug-likeness (QED) is 0.702. The van der Waals surface area contributed by atoms with Crippen LogP contribution in [-0.4, -0.2) is 0 Å². The molecule has 1 aromatic rings. The Morgan fingerprint density at radius 2 is 2.23 bits per heavy atom. The molecule has 0 aliphatic rings. The van der Waals surface area contributed by atoms with Crippen molar-refractivity contribution in [3.8, 4) is 0 Å². The standard InChI is InChI=1S/C12H17N/c1-4-10-7-6-9(3)8-11(10)12(13)5-2/h5-8,12H,2,4,13H2,1,3H3. The van der Waals surface area contributed by atoms with Crippen molar-refractivity contribution in [3.63, 3.8) is 0 Å². The van der Waals surface area contributed by atoms with Gasteiger partial charge < -0.3 is 5.73 Å². The molecule has 0 aliphatic heterocycles. The van der Waals surface area contributed by atoms with Gasteiger partial charge in [-0.25, -0.2) is 0 Å². The first-order valence-electron chi connectivity index (χ1n) is 4.66. The first-order valence-corrected chi connectivity index (χ1v) is 4.66. The van der Waals surface area contributed by atoms with Crippen LogP contribution in [0.2, 0.25) is 0 Å². The molecule has 13 heavy (non-hydrogen) atoms. The summed E-state index contributed by atoms with van der Waals surface area (Å²) in [4.78, 5) is 0. The molecule has 1 atom stereocenters. The first kappa shape index (κ1) is 10.0. The Balaban J connectivity index is 3.14. The number of rotatable bonds is 3. The highest BCUT2D eigenvalue weighted by Gasteiger charge is 2.06. The average molecular weight is 175 g/mol. The summed E-state index contributed by atoms with van der Waals surface area (Å²) in [6.45, 7) is 7.94.